The van der Waals surface area contributed by atoms with Crippen LogP contribution in [0.1, 0.15) is 28.4 Å². The Labute approximate surface area is 178 Å². The Balaban J connectivity index is 1.64. The van der Waals surface area contributed by atoms with Crippen molar-refractivity contribution in [3.63, 3.8) is 0 Å². The number of hydrogen-bond donors (Lipinski definition) is 1. The van der Waals surface area contributed by atoms with Crippen molar-refractivity contribution in [3.8, 4) is 10.4 Å². The quantitative estimate of drug-likeness (QED) is 0.440. The van der Waals surface area contributed by atoms with Crippen LogP contribution in [0.5, 0.6) is 0 Å². The number of rotatable bonds is 5. The number of thiophene rings is 1. The second kappa shape index (κ2) is 8.43. The number of esters is 1. The van der Waals surface area contributed by atoms with E-state index in [1.54, 1.807) is 0 Å². The van der Waals surface area contributed by atoms with Gasteiger partial charge in [-0.25, -0.2) is 4.79 Å². The third-order valence-electron chi connectivity index (χ3n) is 4.96. The molecule has 0 fully saturated rings. The van der Waals surface area contributed by atoms with E-state index in [0.717, 1.165) is 33.7 Å². The first-order valence-electron chi connectivity index (χ1n) is 9.43. The van der Waals surface area contributed by atoms with Crippen LogP contribution >= 0.6 is 23.1 Å². The van der Waals surface area contributed by atoms with Crippen LogP contribution in [0.3, 0.4) is 0 Å². The second-order valence-electron chi connectivity index (χ2n) is 6.82. The maximum Gasteiger partial charge on any atom is 0.341 e. The first kappa shape index (κ1) is 19.7. The SMILES string of the molecule is COC(=O)c1c(NC(=O)C(C)Sc2ccccc2)sc2c1CCc1ccccc1-2. The summed E-state index contributed by atoms with van der Waals surface area (Å²) < 4.78 is 5.04. The molecule has 2 aromatic carbocycles. The van der Waals surface area contributed by atoms with Gasteiger partial charge >= 0.3 is 5.97 Å². The van der Waals surface area contributed by atoms with Crippen LogP contribution in [0, 0.1) is 0 Å². The molecule has 6 heteroatoms. The minimum Gasteiger partial charge on any atom is -0.465 e. The number of anilines is 1. The molecule has 1 unspecified atom stereocenters. The summed E-state index contributed by atoms with van der Waals surface area (Å²) >= 11 is 2.95. The van der Waals surface area contributed by atoms with Crippen molar-refractivity contribution in [2.24, 2.45) is 0 Å². The summed E-state index contributed by atoms with van der Waals surface area (Å²) in [4.78, 5) is 27.5. The fraction of sp³-hybridized carbons (Fsp3) is 0.217. The van der Waals surface area contributed by atoms with Gasteiger partial charge in [-0.1, -0.05) is 42.5 Å². The van der Waals surface area contributed by atoms with Crippen LogP contribution in [0.25, 0.3) is 10.4 Å². The third kappa shape index (κ3) is 3.95. The maximum atomic E-state index is 12.9. The molecule has 1 atom stereocenters. The molecule has 3 aromatic rings. The van der Waals surface area contributed by atoms with Crippen LogP contribution in [0.2, 0.25) is 0 Å². The number of nitrogens with one attached hydrogen (secondary N) is 1. The van der Waals surface area contributed by atoms with Gasteiger partial charge in [0.25, 0.3) is 0 Å². The molecule has 0 radical (unpaired) electrons. The van der Waals surface area contributed by atoms with Gasteiger partial charge in [0.2, 0.25) is 5.91 Å². The summed E-state index contributed by atoms with van der Waals surface area (Å²) in [6, 6.07) is 18.0. The lowest BCUT2D eigenvalue weighted by Gasteiger charge is -2.16. The number of hydrogen-bond acceptors (Lipinski definition) is 5. The zero-order valence-electron chi connectivity index (χ0n) is 16.2. The highest BCUT2D eigenvalue weighted by Gasteiger charge is 2.30. The van der Waals surface area contributed by atoms with Crippen LogP contribution in [-0.2, 0) is 22.4 Å². The highest BCUT2D eigenvalue weighted by Crippen LogP contribution is 2.45. The maximum absolute atomic E-state index is 12.9. The van der Waals surface area contributed by atoms with Gasteiger partial charge in [-0.15, -0.1) is 23.1 Å². The first-order valence-corrected chi connectivity index (χ1v) is 11.1. The summed E-state index contributed by atoms with van der Waals surface area (Å²) in [7, 11) is 1.38. The smallest absolute Gasteiger partial charge is 0.341 e. The molecule has 4 nitrogen and oxygen atoms in total. The summed E-state index contributed by atoms with van der Waals surface area (Å²) in [5.41, 5.74) is 3.87. The molecule has 1 heterocycles. The Kier molecular flexibility index (Phi) is 5.74. The van der Waals surface area contributed by atoms with E-state index in [4.69, 9.17) is 4.74 Å². The number of ether oxygens (including phenoxy) is 1. The number of aryl methyl sites for hydroxylation is 1. The predicted octanol–water partition coefficient (Wildman–Crippen LogP) is 5.42. The van der Waals surface area contributed by atoms with E-state index < -0.39 is 5.97 Å². The zero-order valence-corrected chi connectivity index (χ0v) is 17.9. The zero-order chi connectivity index (χ0) is 20.4. The van der Waals surface area contributed by atoms with E-state index in [0.29, 0.717) is 10.6 Å². The van der Waals surface area contributed by atoms with Crippen molar-refractivity contribution < 1.29 is 14.3 Å². The van der Waals surface area contributed by atoms with Gasteiger partial charge < -0.3 is 10.1 Å². The Bertz CT molecular complexity index is 1060. The molecule has 0 saturated heterocycles. The van der Waals surface area contributed by atoms with Gasteiger partial charge in [0.1, 0.15) is 5.00 Å². The van der Waals surface area contributed by atoms with Crippen molar-refractivity contribution in [2.45, 2.75) is 29.9 Å². The molecule has 0 aliphatic heterocycles. The standard InChI is InChI=1S/C23H21NO3S2/c1-14(28-16-9-4-3-5-10-16)21(25)24-22-19(23(26)27-2)18-13-12-15-8-6-7-11-17(15)20(18)29-22/h3-11,14H,12-13H2,1-2H3,(H,24,25). The molecule has 1 aliphatic rings. The van der Waals surface area contributed by atoms with Crippen molar-refractivity contribution in [2.75, 3.05) is 12.4 Å². The van der Waals surface area contributed by atoms with Crippen molar-refractivity contribution in [3.05, 3.63) is 71.3 Å². The van der Waals surface area contributed by atoms with Crippen LogP contribution < -0.4 is 5.32 Å². The summed E-state index contributed by atoms with van der Waals surface area (Å²) in [6.45, 7) is 1.87. The molecule has 4 rings (SSSR count). The lowest BCUT2D eigenvalue weighted by Crippen LogP contribution is -2.23. The van der Waals surface area contributed by atoms with Gasteiger partial charge in [0.05, 0.1) is 17.9 Å². The van der Waals surface area contributed by atoms with Gasteiger partial charge in [0, 0.05) is 9.77 Å². The number of methoxy groups -OCH3 is 1. The minimum absolute atomic E-state index is 0.129. The summed E-state index contributed by atoms with van der Waals surface area (Å²) in [6.07, 6.45) is 1.63. The normalized spacial score (nSPS) is 13.2. The Morgan fingerprint density at radius 1 is 1.07 bits per heavy atom. The van der Waals surface area contributed by atoms with Crippen LogP contribution in [0.15, 0.2) is 59.5 Å². The fourth-order valence-corrected chi connectivity index (χ4v) is 5.71. The highest BCUT2D eigenvalue weighted by molar-refractivity contribution is 8.00. The van der Waals surface area contributed by atoms with Crippen molar-refractivity contribution >= 4 is 40.0 Å². The molecule has 148 valence electrons. The minimum atomic E-state index is -0.402. The molecule has 0 saturated carbocycles. The molecular formula is C23H21NO3S2. The monoisotopic (exact) mass is 423 g/mol. The fourth-order valence-electron chi connectivity index (χ4n) is 3.52. The number of carbonyl (C=O) groups is 2. The number of carbonyl (C=O) groups excluding carboxylic acids is 2. The number of fused-ring (bicyclic) bond motifs is 3. The molecule has 29 heavy (non-hydrogen) atoms. The molecule has 1 aliphatic carbocycles. The first-order chi connectivity index (χ1) is 14.1. The lowest BCUT2D eigenvalue weighted by atomic mass is 9.89. The number of amides is 1. The van der Waals surface area contributed by atoms with E-state index in [9.17, 15) is 9.59 Å². The van der Waals surface area contributed by atoms with E-state index in [1.807, 2.05) is 49.4 Å². The largest absolute Gasteiger partial charge is 0.465 e. The van der Waals surface area contributed by atoms with Crippen molar-refractivity contribution in [1.29, 1.82) is 0 Å². The molecule has 1 N–H and O–H groups in total. The molecular weight excluding hydrogens is 402 g/mol. The van der Waals surface area contributed by atoms with Gasteiger partial charge in [-0.3, -0.25) is 4.79 Å². The second-order valence-corrected chi connectivity index (χ2v) is 9.26. The Morgan fingerprint density at radius 2 is 1.79 bits per heavy atom. The lowest BCUT2D eigenvalue weighted by molar-refractivity contribution is -0.115. The number of thioether (sulfide) groups is 1. The van der Waals surface area contributed by atoms with Crippen molar-refractivity contribution in [1.82, 2.24) is 0 Å². The van der Waals surface area contributed by atoms with E-state index in [2.05, 4.69) is 17.4 Å². The highest BCUT2D eigenvalue weighted by atomic mass is 32.2. The summed E-state index contributed by atoms with van der Waals surface area (Å²) in [5.74, 6) is -0.531. The molecule has 0 spiro atoms. The average molecular weight is 424 g/mol. The predicted molar refractivity (Wildman–Crippen MR) is 119 cm³/mol. The van der Waals surface area contributed by atoms with Gasteiger partial charge in [-0.05, 0) is 48.6 Å². The number of benzene rings is 2. The topological polar surface area (TPSA) is 55.4 Å². The van der Waals surface area contributed by atoms with Gasteiger partial charge in [-0.2, -0.15) is 0 Å². The van der Waals surface area contributed by atoms with Crippen LogP contribution in [-0.4, -0.2) is 24.2 Å². The van der Waals surface area contributed by atoms with Crippen LogP contribution in [0.4, 0.5) is 5.00 Å². The van der Waals surface area contributed by atoms with E-state index in [-0.39, 0.29) is 11.2 Å². The van der Waals surface area contributed by atoms with E-state index >= 15 is 0 Å². The Hall–Kier alpha value is -2.57. The molecule has 1 aromatic heterocycles. The Morgan fingerprint density at radius 3 is 2.55 bits per heavy atom. The molecule has 1 amide bonds. The third-order valence-corrected chi connectivity index (χ3v) is 7.26. The summed E-state index contributed by atoms with van der Waals surface area (Å²) in [5, 5.41) is 3.27. The van der Waals surface area contributed by atoms with E-state index in [1.165, 1.54) is 35.8 Å². The molecule has 0 bridgehead atoms. The average Bonchev–Trinajstić information content (AvgIpc) is 3.12. The van der Waals surface area contributed by atoms with Gasteiger partial charge in [0.15, 0.2) is 0 Å².